The van der Waals surface area contributed by atoms with Crippen molar-refractivity contribution in [1.29, 1.82) is 5.26 Å². The summed E-state index contributed by atoms with van der Waals surface area (Å²) in [6.45, 7) is 5.32. The van der Waals surface area contributed by atoms with Gasteiger partial charge in [-0.15, -0.1) is 0 Å². The fraction of sp³-hybridized carbons (Fsp3) is 0.333. The highest BCUT2D eigenvalue weighted by Gasteiger charge is 2.18. The zero-order valence-corrected chi connectivity index (χ0v) is 18.3. The van der Waals surface area contributed by atoms with Crippen molar-refractivity contribution in [1.82, 2.24) is 10.1 Å². The van der Waals surface area contributed by atoms with Gasteiger partial charge in [0.1, 0.15) is 11.5 Å². The number of benzene rings is 2. The van der Waals surface area contributed by atoms with Gasteiger partial charge in [0, 0.05) is 30.6 Å². The maximum Gasteiger partial charge on any atom is 0.227 e. The van der Waals surface area contributed by atoms with E-state index in [2.05, 4.69) is 16.2 Å². The second-order valence-electron chi connectivity index (χ2n) is 6.85. The van der Waals surface area contributed by atoms with Crippen LogP contribution in [0.15, 0.2) is 53.1 Å². The Labute approximate surface area is 187 Å². The van der Waals surface area contributed by atoms with Crippen molar-refractivity contribution < 1.29 is 18.8 Å². The predicted molar refractivity (Wildman–Crippen MR) is 119 cm³/mol. The summed E-state index contributed by atoms with van der Waals surface area (Å²) in [5, 5.41) is 13.0. The maximum atomic E-state index is 12.9. The molecule has 0 radical (unpaired) electrons. The predicted octanol–water partition coefficient (Wildman–Crippen LogP) is 4.41. The Hall–Kier alpha value is -3.86. The molecular formula is C24H26N4O4. The highest BCUT2D eigenvalue weighted by atomic mass is 16.5. The molecule has 0 N–H and O–H groups in total. The summed E-state index contributed by atoms with van der Waals surface area (Å²) in [6.07, 6.45) is 0.730. The molecule has 3 aromatic rings. The summed E-state index contributed by atoms with van der Waals surface area (Å²) in [5.41, 5.74) is 1.52. The molecule has 3 rings (SSSR count). The van der Waals surface area contributed by atoms with Crippen molar-refractivity contribution in [2.75, 3.05) is 24.7 Å². The Morgan fingerprint density at radius 1 is 1.03 bits per heavy atom. The van der Waals surface area contributed by atoms with Gasteiger partial charge in [0.15, 0.2) is 0 Å². The van der Waals surface area contributed by atoms with Crippen LogP contribution in [0.3, 0.4) is 0 Å². The maximum absolute atomic E-state index is 12.9. The van der Waals surface area contributed by atoms with Crippen molar-refractivity contribution >= 4 is 11.6 Å². The quantitative estimate of drug-likeness (QED) is 0.440. The molecule has 0 saturated carbocycles. The Balaban J connectivity index is 1.63. The summed E-state index contributed by atoms with van der Waals surface area (Å²) in [7, 11) is 0. The van der Waals surface area contributed by atoms with E-state index in [9.17, 15) is 4.79 Å². The number of nitriles is 1. The minimum atomic E-state index is -0.120. The van der Waals surface area contributed by atoms with Crippen LogP contribution in [-0.2, 0) is 11.2 Å². The van der Waals surface area contributed by atoms with Crippen LogP contribution >= 0.6 is 0 Å². The van der Waals surface area contributed by atoms with Crippen LogP contribution in [0.2, 0.25) is 0 Å². The first-order valence-corrected chi connectivity index (χ1v) is 10.6. The molecule has 1 aromatic heterocycles. The molecule has 0 aliphatic rings. The monoisotopic (exact) mass is 434 g/mol. The number of aromatic nitrogens is 2. The summed E-state index contributed by atoms with van der Waals surface area (Å²) < 4.78 is 16.2. The molecule has 0 atom stereocenters. The van der Waals surface area contributed by atoms with Crippen LogP contribution in [0.25, 0.3) is 11.4 Å². The van der Waals surface area contributed by atoms with E-state index in [-0.39, 0.29) is 18.7 Å². The molecule has 0 saturated heterocycles. The van der Waals surface area contributed by atoms with E-state index in [0.29, 0.717) is 43.6 Å². The Morgan fingerprint density at radius 3 is 2.25 bits per heavy atom. The molecule has 0 unspecified atom stereocenters. The largest absolute Gasteiger partial charge is 0.494 e. The molecule has 166 valence electrons. The molecule has 1 heterocycles. The van der Waals surface area contributed by atoms with E-state index in [1.807, 2.05) is 62.4 Å². The van der Waals surface area contributed by atoms with Crippen molar-refractivity contribution in [2.24, 2.45) is 0 Å². The van der Waals surface area contributed by atoms with Gasteiger partial charge in [-0.3, -0.25) is 4.79 Å². The van der Waals surface area contributed by atoms with Crippen LogP contribution in [-0.4, -0.2) is 35.8 Å². The lowest BCUT2D eigenvalue weighted by Gasteiger charge is -2.22. The highest BCUT2D eigenvalue weighted by molar-refractivity contribution is 5.93. The molecule has 1 amide bonds. The van der Waals surface area contributed by atoms with E-state index in [4.69, 9.17) is 19.3 Å². The number of rotatable bonds is 11. The van der Waals surface area contributed by atoms with Crippen molar-refractivity contribution in [3.05, 3.63) is 54.4 Å². The third-order valence-corrected chi connectivity index (χ3v) is 4.65. The zero-order chi connectivity index (χ0) is 22.8. The Morgan fingerprint density at radius 2 is 1.66 bits per heavy atom. The Bertz CT molecular complexity index is 1040. The normalized spacial score (nSPS) is 10.4. The van der Waals surface area contributed by atoms with Crippen LogP contribution in [0.4, 0.5) is 5.69 Å². The van der Waals surface area contributed by atoms with Crippen molar-refractivity contribution in [2.45, 2.75) is 33.1 Å². The zero-order valence-electron chi connectivity index (χ0n) is 18.3. The van der Waals surface area contributed by atoms with Gasteiger partial charge in [0.25, 0.3) is 0 Å². The number of amides is 1. The smallest absolute Gasteiger partial charge is 0.227 e. The SMILES string of the molecule is CCOc1ccc(-c2noc(CCC(=O)N(CCC#N)c3ccc(OCC)cc3)n2)cc1. The van der Waals surface area contributed by atoms with Crippen molar-refractivity contribution in [3.8, 4) is 29.0 Å². The number of anilines is 1. The molecule has 32 heavy (non-hydrogen) atoms. The number of ether oxygens (including phenoxy) is 2. The summed E-state index contributed by atoms with van der Waals surface area (Å²) in [4.78, 5) is 18.9. The minimum Gasteiger partial charge on any atom is -0.494 e. The van der Waals surface area contributed by atoms with Gasteiger partial charge in [0.05, 0.1) is 25.7 Å². The number of hydrogen-bond donors (Lipinski definition) is 0. The van der Waals surface area contributed by atoms with E-state index >= 15 is 0 Å². The van der Waals surface area contributed by atoms with Crippen LogP contribution in [0.1, 0.15) is 32.6 Å². The van der Waals surface area contributed by atoms with E-state index in [1.54, 1.807) is 4.90 Å². The summed E-state index contributed by atoms with van der Waals surface area (Å²) in [6, 6.07) is 16.8. The fourth-order valence-corrected chi connectivity index (χ4v) is 3.14. The van der Waals surface area contributed by atoms with Crippen molar-refractivity contribution in [3.63, 3.8) is 0 Å². The standard InChI is InChI=1S/C24H26N4O4/c1-3-30-20-10-6-18(7-11-20)24-26-22(32-27-24)14-15-23(29)28(17-5-16-25)19-8-12-21(13-9-19)31-4-2/h6-13H,3-5,14-15,17H2,1-2H3. The molecule has 0 spiro atoms. The fourth-order valence-electron chi connectivity index (χ4n) is 3.14. The van der Waals surface area contributed by atoms with Crippen LogP contribution in [0, 0.1) is 11.3 Å². The highest BCUT2D eigenvalue weighted by Crippen LogP contribution is 2.22. The van der Waals surface area contributed by atoms with Gasteiger partial charge in [-0.2, -0.15) is 10.2 Å². The average Bonchev–Trinajstić information content (AvgIpc) is 3.29. The topological polar surface area (TPSA) is 101 Å². The first-order valence-electron chi connectivity index (χ1n) is 10.6. The summed E-state index contributed by atoms with van der Waals surface area (Å²) in [5.74, 6) is 2.23. The number of carbonyl (C=O) groups is 1. The molecule has 0 aliphatic carbocycles. The molecule has 0 bridgehead atoms. The summed E-state index contributed by atoms with van der Waals surface area (Å²) >= 11 is 0. The molecule has 8 heteroatoms. The lowest BCUT2D eigenvalue weighted by molar-refractivity contribution is -0.118. The number of hydrogen-bond acceptors (Lipinski definition) is 7. The first-order chi connectivity index (χ1) is 15.6. The number of aryl methyl sites for hydroxylation is 1. The lowest BCUT2D eigenvalue weighted by atomic mass is 10.2. The van der Waals surface area contributed by atoms with Gasteiger partial charge in [-0.1, -0.05) is 5.16 Å². The first kappa shape index (κ1) is 22.8. The molecule has 2 aromatic carbocycles. The lowest BCUT2D eigenvalue weighted by Crippen LogP contribution is -2.32. The van der Waals surface area contributed by atoms with E-state index in [1.165, 1.54) is 0 Å². The second kappa shape index (κ2) is 11.5. The Kier molecular flexibility index (Phi) is 8.21. The molecule has 0 fully saturated rings. The van der Waals surface area contributed by atoms with Crippen LogP contribution in [0.5, 0.6) is 11.5 Å². The van der Waals surface area contributed by atoms with Crippen LogP contribution < -0.4 is 14.4 Å². The second-order valence-corrected chi connectivity index (χ2v) is 6.85. The van der Waals surface area contributed by atoms with E-state index < -0.39 is 0 Å². The van der Waals surface area contributed by atoms with E-state index in [0.717, 1.165) is 17.1 Å². The third-order valence-electron chi connectivity index (χ3n) is 4.65. The molecular weight excluding hydrogens is 408 g/mol. The third kappa shape index (κ3) is 6.08. The molecule has 0 aliphatic heterocycles. The number of carbonyl (C=O) groups excluding carboxylic acids is 1. The minimum absolute atomic E-state index is 0.120. The van der Waals surface area contributed by atoms with Gasteiger partial charge < -0.3 is 18.9 Å². The molecule has 8 nitrogen and oxygen atoms in total. The van der Waals surface area contributed by atoms with Gasteiger partial charge in [0.2, 0.25) is 17.6 Å². The van der Waals surface area contributed by atoms with Gasteiger partial charge >= 0.3 is 0 Å². The number of nitrogens with zero attached hydrogens (tertiary/aromatic N) is 4. The average molecular weight is 434 g/mol. The van der Waals surface area contributed by atoms with Gasteiger partial charge in [-0.05, 0) is 62.4 Å². The van der Waals surface area contributed by atoms with Gasteiger partial charge in [-0.25, -0.2) is 0 Å².